The van der Waals surface area contributed by atoms with Crippen LogP contribution >= 0.6 is 0 Å². The van der Waals surface area contributed by atoms with E-state index in [4.69, 9.17) is 0 Å². The van der Waals surface area contributed by atoms with Crippen LogP contribution in [0.3, 0.4) is 0 Å². The van der Waals surface area contributed by atoms with Crippen molar-refractivity contribution in [2.75, 3.05) is 0 Å². The minimum Gasteiger partial charge on any atom is -0.0620 e. The molecule has 0 aliphatic heterocycles. The maximum atomic E-state index is 2.53. The summed E-state index contributed by atoms with van der Waals surface area (Å²) in [7, 11) is 0. The van der Waals surface area contributed by atoms with E-state index in [9.17, 15) is 0 Å². The largest absolute Gasteiger partial charge is 0.0719 e. The molecule has 2 aliphatic carbocycles. The van der Waals surface area contributed by atoms with Crippen molar-refractivity contribution in [2.24, 2.45) is 0 Å². The second-order valence-corrected chi connectivity index (χ2v) is 11.0. The predicted octanol–water partition coefficient (Wildman–Crippen LogP) is 8.72. The molecular formula is C37H32. The van der Waals surface area contributed by atoms with Gasteiger partial charge in [-0.3, -0.25) is 0 Å². The first-order valence-electron chi connectivity index (χ1n) is 13.6. The highest BCUT2D eigenvalue weighted by molar-refractivity contribution is 5.88. The molecule has 0 aromatic heterocycles. The monoisotopic (exact) mass is 476 g/mol. The molecule has 0 saturated carbocycles. The fourth-order valence-corrected chi connectivity index (χ4v) is 7.17. The van der Waals surface area contributed by atoms with Gasteiger partial charge >= 0.3 is 0 Å². The zero-order valence-corrected chi connectivity index (χ0v) is 21.9. The van der Waals surface area contributed by atoms with Gasteiger partial charge in [0, 0.05) is 0 Å². The summed E-state index contributed by atoms with van der Waals surface area (Å²) in [5, 5.41) is 0. The average molecular weight is 477 g/mol. The van der Waals surface area contributed by atoms with E-state index in [-0.39, 0.29) is 5.41 Å². The Bertz CT molecular complexity index is 1620. The molecule has 37 heavy (non-hydrogen) atoms. The van der Waals surface area contributed by atoms with Gasteiger partial charge in [0.1, 0.15) is 0 Å². The second-order valence-electron chi connectivity index (χ2n) is 11.0. The molecule has 7 rings (SSSR count). The van der Waals surface area contributed by atoms with Crippen molar-refractivity contribution in [1.29, 1.82) is 0 Å². The molecule has 0 atom stereocenters. The Morgan fingerprint density at radius 1 is 0.541 bits per heavy atom. The summed E-state index contributed by atoms with van der Waals surface area (Å²) in [6.45, 7) is 6.67. The quantitative estimate of drug-likeness (QED) is 0.239. The van der Waals surface area contributed by atoms with E-state index in [0.717, 1.165) is 19.3 Å². The van der Waals surface area contributed by atoms with Crippen LogP contribution in [0.5, 0.6) is 0 Å². The van der Waals surface area contributed by atoms with Crippen LogP contribution in [-0.4, -0.2) is 0 Å². The van der Waals surface area contributed by atoms with Crippen molar-refractivity contribution in [3.05, 3.63) is 164 Å². The van der Waals surface area contributed by atoms with Crippen LogP contribution in [0.2, 0.25) is 0 Å². The van der Waals surface area contributed by atoms with Gasteiger partial charge in [-0.15, -0.1) is 0 Å². The zero-order valence-electron chi connectivity index (χ0n) is 21.9. The van der Waals surface area contributed by atoms with Crippen molar-refractivity contribution >= 4 is 0 Å². The lowest BCUT2D eigenvalue weighted by molar-refractivity contribution is 0.719. The number of hydrogen-bond acceptors (Lipinski definition) is 0. The SMILES string of the molecule is CCc1ccc2c(c1)C1(c3ccccc3Cc3ccccc31)c1cc(Cc3cc(C)cc(C)c3)ccc1-2. The molecule has 0 fully saturated rings. The Hall–Kier alpha value is -3.90. The van der Waals surface area contributed by atoms with Crippen LogP contribution in [0.1, 0.15) is 68.1 Å². The Morgan fingerprint density at radius 3 is 1.68 bits per heavy atom. The summed E-state index contributed by atoms with van der Waals surface area (Å²) >= 11 is 0. The third-order valence-corrected chi connectivity index (χ3v) is 8.59. The van der Waals surface area contributed by atoms with Crippen molar-refractivity contribution in [2.45, 2.75) is 45.4 Å². The third-order valence-electron chi connectivity index (χ3n) is 8.59. The fraction of sp³-hybridized carbons (Fsp3) is 0.189. The highest BCUT2D eigenvalue weighted by Crippen LogP contribution is 2.59. The molecule has 0 radical (unpaired) electrons. The van der Waals surface area contributed by atoms with E-state index in [1.54, 1.807) is 0 Å². The van der Waals surface area contributed by atoms with E-state index in [1.165, 1.54) is 72.3 Å². The maximum absolute atomic E-state index is 2.53. The van der Waals surface area contributed by atoms with Crippen LogP contribution in [0.4, 0.5) is 0 Å². The number of aryl methyl sites for hydroxylation is 3. The van der Waals surface area contributed by atoms with Gasteiger partial charge in [-0.2, -0.15) is 0 Å². The Morgan fingerprint density at radius 2 is 1.08 bits per heavy atom. The lowest BCUT2D eigenvalue weighted by Gasteiger charge is -2.40. The zero-order chi connectivity index (χ0) is 25.1. The molecule has 0 bridgehead atoms. The summed E-state index contributed by atoms with van der Waals surface area (Å²) in [6.07, 6.45) is 2.99. The number of fused-ring (bicyclic) bond motifs is 9. The Kier molecular flexibility index (Phi) is 5.01. The van der Waals surface area contributed by atoms with E-state index < -0.39 is 0 Å². The summed E-state index contributed by atoms with van der Waals surface area (Å²) in [5.41, 5.74) is 18.0. The lowest BCUT2D eigenvalue weighted by atomic mass is 9.61. The molecular weight excluding hydrogens is 444 g/mol. The molecule has 2 aliphatic rings. The Balaban J connectivity index is 1.54. The van der Waals surface area contributed by atoms with Gasteiger partial charge in [0.15, 0.2) is 0 Å². The van der Waals surface area contributed by atoms with Crippen molar-refractivity contribution in [3.63, 3.8) is 0 Å². The maximum Gasteiger partial charge on any atom is 0.0719 e. The molecule has 5 aromatic carbocycles. The van der Waals surface area contributed by atoms with Gasteiger partial charge in [0.25, 0.3) is 0 Å². The number of benzene rings is 5. The molecule has 0 saturated heterocycles. The van der Waals surface area contributed by atoms with Crippen LogP contribution < -0.4 is 0 Å². The summed E-state index contributed by atoms with van der Waals surface area (Å²) in [4.78, 5) is 0. The van der Waals surface area contributed by atoms with Crippen LogP contribution in [0, 0.1) is 13.8 Å². The van der Waals surface area contributed by atoms with Gasteiger partial charge in [-0.1, -0.05) is 121 Å². The third kappa shape index (κ3) is 3.28. The van der Waals surface area contributed by atoms with Gasteiger partial charge in [0.05, 0.1) is 5.41 Å². The van der Waals surface area contributed by atoms with Crippen LogP contribution in [-0.2, 0) is 24.7 Å². The van der Waals surface area contributed by atoms with Crippen molar-refractivity contribution in [1.82, 2.24) is 0 Å². The van der Waals surface area contributed by atoms with E-state index in [1.807, 2.05) is 0 Å². The normalized spacial score (nSPS) is 14.1. The second kappa shape index (κ2) is 8.32. The van der Waals surface area contributed by atoms with E-state index >= 15 is 0 Å². The molecule has 180 valence electrons. The molecule has 5 aromatic rings. The molecule has 0 heterocycles. The van der Waals surface area contributed by atoms with Gasteiger partial charge < -0.3 is 0 Å². The fourth-order valence-electron chi connectivity index (χ4n) is 7.17. The first-order chi connectivity index (χ1) is 18.1. The topological polar surface area (TPSA) is 0 Å². The van der Waals surface area contributed by atoms with Gasteiger partial charge in [-0.25, -0.2) is 0 Å². The standard InChI is InChI=1S/C37H32/c1-4-26-13-15-31-32-16-14-27(20-28-18-24(2)17-25(3)19-28)22-36(32)37(35(31)21-26)33-11-7-5-9-29(33)23-30-10-6-8-12-34(30)37/h5-19,21-22H,4,20,23H2,1-3H3. The van der Waals surface area contributed by atoms with E-state index in [0.29, 0.717) is 0 Å². The molecule has 0 heteroatoms. The summed E-state index contributed by atoms with van der Waals surface area (Å²) in [6, 6.07) is 39.7. The van der Waals surface area contributed by atoms with Crippen LogP contribution in [0.15, 0.2) is 103 Å². The van der Waals surface area contributed by atoms with Gasteiger partial charge in [0.2, 0.25) is 0 Å². The van der Waals surface area contributed by atoms with E-state index in [2.05, 4.69) is 124 Å². The highest BCUT2D eigenvalue weighted by Gasteiger charge is 2.49. The number of rotatable bonds is 3. The molecule has 0 N–H and O–H groups in total. The number of hydrogen-bond donors (Lipinski definition) is 0. The summed E-state index contributed by atoms with van der Waals surface area (Å²) < 4.78 is 0. The molecule has 1 spiro atoms. The van der Waals surface area contributed by atoms with Crippen molar-refractivity contribution in [3.8, 4) is 11.1 Å². The van der Waals surface area contributed by atoms with Crippen molar-refractivity contribution < 1.29 is 0 Å². The minimum absolute atomic E-state index is 0.278. The van der Waals surface area contributed by atoms with Crippen LogP contribution in [0.25, 0.3) is 11.1 Å². The van der Waals surface area contributed by atoms with Gasteiger partial charge in [-0.05, 0) is 94.3 Å². The molecule has 0 amide bonds. The summed E-state index contributed by atoms with van der Waals surface area (Å²) in [5.74, 6) is 0. The molecule has 0 nitrogen and oxygen atoms in total. The predicted molar refractivity (Wildman–Crippen MR) is 155 cm³/mol. The smallest absolute Gasteiger partial charge is 0.0620 e. The lowest BCUT2D eigenvalue weighted by Crippen LogP contribution is -2.34. The highest BCUT2D eigenvalue weighted by atomic mass is 14.5. The first kappa shape index (κ1) is 22.3. The average Bonchev–Trinajstić information content (AvgIpc) is 3.18. The molecule has 0 unspecified atom stereocenters. The Labute approximate surface area is 220 Å². The minimum atomic E-state index is -0.278. The first-order valence-corrected chi connectivity index (χ1v) is 13.6.